The van der Waals surface area contributed by atoms with Crippen LogP contribution in [0.25, 0.3) is 0 Å². The highest BCUT2D eigenvalue weighted by Gasteiger charge is 2.49. The molecule has 0 aromatic heterocycles. The van der Waals surface area contributed by atoms with Gasteiger partial charge in [-0.1, -0.05) is 6.07 Å². The number of halogens is 1. The van der Waals surface area contributed by atoms with E-state index < -0.39 is 23.0 Å². The number of aromatic hydroxyl groups is 1. The van der Waals surface area contributed by atoms with Crippen LogP contribution in [0.3, 0.4) is 0 Å². The summed E-state index contributed by atoms with van der Waals surface area (Å²) in [4.78, 5) is 10.9. The molecule has 80 valence electrons. The van der Waals surface area contributed by atoms with Gasteiger partial charge >= 0.3 is 5.97 Å². The quantitative estimate of drug-likeness (QED) is 0.801. The summed E-state index contributed by atoms with van der Waals surface area (Å²) in [7, 11) is 0. The van der Waals surface area contributed by atoms with Crippen molar-refractivity contribution >= 4 is 5.97 Å². The van der Waals surface area contributed by atoms with Gasteiger partial charge in [0.25, 0.3) is 0 Å². The van der Waals surface area contributed by atoms with Crippen LogP contribution in [0.1, 0.15) is 18.4 Å². The van der Waals surface area contributed by atoms with E-state index in [1.165, 1.54) is 12.1 Å². The second kappa shape index (κ2) is 3.22. The van der Waals surface area contributed by atoms with Crippen molar-refractivity contribution in [1.29, 1.82) is 0 Å². The molecule has 0 spiro atoms. The van der Waals surface area contributed by atoms with Gasteiger partial charge in [0.1, 0.15) is 0 Å². The smallest absolute Gasteiger partial charge is 0.309 e. The SMILES string of the molecule is O=C(O)C1(Cc2ccc(O)c(F)c2)CC1. The second-order valence-electron chi connectivity index (χ2n) is 4.05. The summed E-state index contributed by atoms with van der Waals surface area (Å²) >= 11 is 0. The van der Waals surface area contributed by atoms with E-state index in [9.17, 15) is 9.18 Å². The number of carboxylic acid groups (broad SMARTS) is 1. The number of phenols is 1. The van der Waals surface area contributed by atoms with Crippen molar-refractivity contribution in [2.45, 2.75) is 19.3 Å². The third-order valence-electron chi connectivity index (χ3n) is 2.86. The van der Waals surface area contributed by atoms with Crippen molar-refractivity contribution in [3.05, 3.63) is 29.6 Å². The molecule has 1 aliphatic carbocycles. The lowest BCUT2D eigenvalue weighted by Gasteiger charge is -2.09. The first-order valence-corrected chi connectivity index (χ1v) is 4.74. The van der Waals surface area contributed by atoms with Crippen LogP contribution in [-0.2, 0) is 11.2 Å². The molecule has 0 bridgehead atoms. The molecule has 3 nitrogen and oxygen atoms in total. The summed E-state index contributed by atoms with van der Waals surface area (Å²) in [6.45, 7) is 0. The normalized spacial score (nSPS) is 17.4. The van der Waals surface area contributed by atoms with Gasteiger partial charge in [0, 0.05) is 0 Å². The predicted octanol–water partition coefficient (Wildman–Crippen LogP) is 1.94. The zero-order chi connectivity index (χ0) is 11.1. The lowest BCUT2D eigenvalue weighted by atomic mass is 9.96. The van der Waals surface area contributed by atoms with Crippen molar-refractivity contribution in [1.82, 2.24) is 0 Å². The van der Waals surface area contributed by atoms with Crippen LogP contribution >= 0.6 is 0 Å². The topological polar surface area (TPSA) is 57.5 Å². The molecular formula is C11H11FO3. The Morgan fingerprint density at radius 3 is 2.60 bits per heavy atom. The number of carbonyl (C=O) groups is 1. The molecule has 0 atom stereocenters. The minimum atomic E-state index is -0.823. The van der Waals surface area contributed by atoms with E-state index in [-0.39, 0.29) is 0 Å². The number of benzene rings is 1. The van der Waals surface area contributed by atoms with Gasteiger partial charge in [-0.15, -0.1) is 0 Å². The highest BCUT2D eigenvalue weighted by molar-refractivity contribution is 5.78. The maximum atomic E-state index is 13.0. The Bertz CT molecular complexity index is 410. The van der Waals surface area contributed by atoms with Gasteiger partial charge in [0.05, 0.1) is 5.41 Å². The van der Waals surface area contributed by atoms with E-state index in [1.807, 2.05) is 0 Å². The third kappa shape index (κ3) is 1.79. The molecule has 15 heavy (non-hydrogen) atoms. The molecule has 1 fully saturated rings. The van der Waals surface area contributed by atoms with Gasteiger partial charge in [-0.05, 0) is 37.0 Å². The minimum absolute atomic E-state index is 0.333. The van der Waals surface area contributed by atoms with Gasteiger partial charge in [-0.3, -0.25) is 4.79 Å². The fourth-order valence-electron chi connectivity index (χ4n) is 1.67. The highest BCUT2D eigenvalue weighted by atomic mass is 19.1. The van der Waals surface area contributed by atoms with E-state index in [0.29, 0.717) is 24.8 Å². The van der Waals surface area contributed by atoms with Crippen LogP contribution in [0, 0.1) is 11.2 Å². The number of aliphatic carboxylic acids is 1. The molecule has 0 amide bonds. The summed E-state index contributed by atoms with van der Waals surface area (Å²) in [5, 5.41) is 17.9. The molecular weight excluding hydrogens is 199 g/mol. The van der Waals surface area contributed by atoms with Crippen LogP contribution in [0.15, 0.2) is 18.2 Å². The van der Waals surface area contributed by atoms with Crippen LogP contribution in [0.4, 0.5) is 4.39 Å². The predicted molar refractivity (Wildman–Crippen MR) is 51.1 cm³/mol. The standard InChI is InChI=1S/C11H11FO3/c12-8-5-7(1-2-9(8)13)6-11(3-4-11)10(14)15/h1-2,5,13H,3-4,6H2,(H,14,15). The molecule has 0 radical (unpaired) electrons. The van der Waals surface area contributed by atoms with Crippen molar-refractivity contribution in [2.24, 2.45) is 5.41 Å². The van der Waals surface area contributed by atoms with Crippen molar-refractivity contribution in [3.63, 3.8) is 0 Å². The van der Waals surface area contributed by atoms with E-state index in [1.54, 1.807) is 6.07 Å². The van der Waals surface area contributed by atoms with E-state index in [0.717, 1.165) is 0 Å². The molecule has 4 heteroatoms. The molecule has 0 saturated heterocycles. The zero-order valence-corrected chi connectivity index (χ0v) is 8.03. The van der Waals surface area contributed by atoms with Gasteiger partial charge in [-0.25, -0.2) is 4.39 Å². The first kappa shape index (κ1) is 9.96. The van der Waals surface area contributed by atoms with Gasteiger partial charge < -0.3 is 10.2 Å². The van der Waals surface area contributed by atoms with Gasteiger partial charge in [0.2, 0.25) is 0 Å². The number of hydrogen-bond acceptors (Lipinski definition) is 2. The Labute approximate surface area is 86.2 Å². The Hall–Kier alpha value is -1.58. The summed E-state index contributed by atoms with van der Waals surface area (Å²) < 4.78 is 13.0. The minimum Gasteiger partial charge on any atom is -0.505 e. The molecule has 0 aliphatic heterocycles. The molecule has 0 heterocycles. The van der Waals surface area contributed by atoms with Gasteiger partial charge in [-0.2, -0.15) is 0 Å². The Morgan fingerprint density at radius 1 is 1.47 bits per heavy atom. The Balaban J connectivity index is 2.18. The summed E-state index contributed by atoms with van der Waals surface area (Å²) in [5.74, 6) is -1.93. The lowest BCUT2D eigenvalue weighted by Crippen LogP contribution is -2.17. The fourth-order valence-corrected chi connectivity index (χ4v) is 1.67. The van der Waals surface area contributed by atoms with Crippen LogP contribution in [-0.4, -0.2) is 16.2 Å². The van der Waals surface area contributed by atoms with Crippen molar-refractivity contribution in [2.75, 3.05) is 0 Å². The molecule has 1 saturated carbocycles. The van der Waals surface area contributed by atoms with Crippen molar-refractivity contribution < 1.29 is 19.4 Å². The second-order valence-corrected chi connectivity index (χ2v) is 4.05. The Kier molecular flexibility index (Phi) is 2.14. The zero-order valence-electron chi connectivity index (χ0n) is 8.03. The molecule has 1 aliphatic rings. The molecule has 2 N–H and O–H groups in total. The van der Waals surface area contributed by atoms with Gasteiger partial charge in [0.15, 0.2) is 11.6 Å². The first-order chi connectivity index (χ1) is 7.03. The van der Waals surface area contributed by atoms with E-state index in [4.69, 9.17) is 10.2 Å². The summed E-state index contributed by atoms with van der Waals surface area (Å²) in [6.07, 6.45) is 1.62. The number of rotatable bonds is 3. The maximum absolute atomic E-state index is 13.0. The largest absolute Gasteiger partial charge is 0.505 e. The molecule has 0 unspecified atom stereocenters. The average Bonchev–Trinajstić information content (AvgIpc) is 2.93. The Morgan fingerprint density at radius 2 is 2.13 bits per heavy atom. The monoisotopic (exact) mass is 210 g/mol. The van der Waals surface area contributed by atoms with Crippen LogP contribution < -0.4 is 0 Å². The van der Waals surface area contributed by atoms with E-state index in [2.05, 4.69) is 0 Å². The molecule has 1 aromatic rings. The number of carboxylic acids is 1. The number of hydrogen-bond donors (Lipinski definition) is 2. The first-order valence-electron chi connectivity index (χ1n) is 4.74. The van der Waals surface area contributed by atoms with Crippen LogP contribution in [0.5, 0.6) is 5.75 Å². The average molecular weight is 210 g/mol. The lowest BCUT2D eigenvalue weighted by molar-refractivity contribution is -0.143. The van der Waals surface area contributed by atoms with Crippen LogP contribution in [0.2, 0.25) is 0 Å². The fraction of sp³-hybridized carbons (Fsp3) is 0.364. The third-order valence-corrected chi connectivity index (χ3v) is 2.86. The number of phenolic OH excluding ortho intramolecular Hbond substituents is 1. The van der Waals surface area contributed by atoms with Crippen molar-refractivity contribution in [3.8, 4) is 5.75 Å². The van der Waals surface area contributed by atoms with E-state index >= 15 is 0 Å². The summed E-state index contributed by atoms with van der Waals surface area (Å²) in [5.41, 5.74) is -0.0751. The molecule has 1 aromatic carbocycles. The summed E-state index contributed by atoms with van der Waals surface area (Å²) in [6, 6.07) is 4.00. The highest BCUT2D eigenvalue weighted by Crippen LogP contribution is 2.48. The maximum Gasteiger partial charge on any atom is 0.309 e. The molecule has 2 rings (SSSR count).